The molecule has 2 aromatic carbocycles. The second-order valence-corrected chi connectivity index (χ2v) is 6.49. The second kappa shape index (κ2) is 7.44. The monoisotopic (exact) mass is 356 g/mol. The number of aromatic nitrogens is 1. The molecule has 3 rings (SSSR count). The van der Waals surface area contributed by atoms with E-state index < -0.39 is 11.7 Å². The minimum atomic E-state index is -0.484. The number of carbonyl (C=O) groups is 1. The molecule has 1 aromatic heterocycles. The van der Waals surface area contributed by atoms with Crippen LogP contribution in [-0.2, 0) is 0 Å². The minimum absolute atomic E-state index is 0.0323. The Morgan fingerprint density at radius 3 is 2.64 bits per heavy atom. The molecule has 0 aliphatic heterocycles. The molecule has 0 saturated carbocycles. The SMILES string of the molecule is CC(C)Oc1ccccc1-c1nc(C(=O)Nc2ccccc2F)cs1. The topological polar surface area (TPSA) is 51.2 Å². The third kappa shape index (κ3) is 4.03. The fourth-order valence-electron chi connectivity index (χ4n) is 2.25. The van der Waals surface area contributed by atoms with E-state index in [-0.39, 0.29) is 17.5 Å². The standard InChI is InChI=1S/C19H17FN2O2S/c1-12(2)24-17-10-6-3-7-13(17)19-22-16(11-25-19)18(23)21-15-9-5-4-8-14(15)20/h3-12H,1-2H3,(H,21,23). The first-order valence-corrected chi connectivity index (χ1v) is 8.70. The largest absolute Gasteiger partial charge is 0.490 e. The van der Waals surface area contributed by atoms with Crippen molar-refractivity contribution in [2.45, 2.75) is 20.0 Å². The minimum Gasteiger partial charge on any atom is -0.490 e. The van der Waals surface area contributed by atoms with Gasteiger partial charge < -0.3 is 10.1 Å². The highest BCUT2D eigenvalue weighted by Crippen LogP contribution is 2.33. The molecule has 1 N–H and O–H groups in total. The molecule has 0 aliphatic rings. The van der Waals surface area contributed by atoms with Crippen molar-refractivity contribution < 1.29 is 13.9 Å². The van der Waals surface area contributed by atoms with Gasteiger partial charge in [-0.2, -0.15) is 0 Å². The van der Waals surface area contributed by atoms with Crippen molar-refractivity contribution in [3.05, 3.63) is 65.4 Å². The Kier molecular flexibility index (Phi) is 5.09. The molecular weight excluding hydrogens is 339 g/mol. The van der Waals surface area contributed by atoms with Crippen LogP contribution in [0.15, 0.2) is 53.9 Å². The lowest BCUT2D eigenvalue weighted by Gasteiger charge is -2.12. The summed E-state index contributed by atoms with van der Waals surface area (Å²) >= 11 is 1.34. The summed E-state index contributed by atoms with van der Waals surface area (Å²) in [5.74, 6) is -0.218. The van der Waals surface area contributed by atoms with Gasteiger partial charge in [-0.25, -0.2) is 9.37 Å². The normalized spacial score (nSPS) is 10.7. The zero-order valence-electron chi connectivity index (χ0n) is 13.8. The lowest BCUT2D eigenvalue weighted by Crippen LogP contribution is -2.13. The van der Waals surface area contributed by atoms with Crippen LogP contribution in [0.2, 0.25) is 0 Å². The third-order valence-corrected chi connectivity index (χ3v) is 4.21. The van der Waals surface area contributed by atoms with Gasteiger partial charge in [0.05, 0.1) is 17.4 Å². The van der Waals surface area contributed by atoms with Gasteiger partial charge in [0.25, 0.3) is 5.91 Å². The predicted octanol–water partition coefficient (Wildman–Crippen LogP) is 4.99. The molecule has 0 unspecified atom stereocenters. The van der Waals surface area contributed by atoms with Crippen LogP contribution in [0.25, 0.3) is 10.6 Å². The van der Waals surface area contributed by atoms with E-state index in [2.05, 4.69) is 10.3 Å². The lowest BCUT2D eigenvalue weighted by atomic mass is 10.2. The number of halogens is 1. The summed E-state index contributed by atoms with van der Waals surface area (Å²) in [5, 5.41) is 4.86. The fourth-order valence-corrected chi connectivity index (χ4v) is 3.08. The van der Waals surface area contributed by atoms with Crippen molar-refractivity contribution in [1.29, 1.82) is 0 Å². The van der Waals surface area contributed by atoms with Crippen LogP contribution in [-0.4, -0.2) is 17.0 Å². The van der Waals surface area contributed by atoms with Gasteiger partial charge in [0, 0.05) is 5.38 Å². The van der Waals surface area contributed by atoms with Gasteiger partial charge in [0.15, 0.2) is 0 Å². The summed E-state index contributed by atoms with van der Waals surface area (Å²) in [7, 11) is 0. The Morgan fingerprint density at radius 1 is 1.16 bits per heavy atom. The van der Waals surface area contributed by atoms with E-state index in [0.717, 1.165) is 5.56 Å². The Hall–Kier alpha value is -2.73. The molecule has 1 heterocycles. The highest BCUT2D eigenvalue weighted by atomic mass is 32.1. The van der Waals surface area contributed by atoms with Crippen LogP contribution >= 0.6 is 11.3 Å². The fraction of sp³-hybridized carbons (Fsp3) is 0.158. The maximum absolute atomic E-state index is 13.7. The molecule has 25 heavy (non-hydrogen) atoms. The molecule has 0 aliphatic carbocycles. The molecule has 0 atom stereocenters. The van der Waals surface area contributed by atoms with E-state index in [0.29, 0.717) is 10.8 Å². The third-order valence-electron chi connectivity index (χ3n) is 3.34. The predicted molar refractivity (Wildman–Crippen MR) is 97.7 cm³/mol. The Bertz CT molecular complexity index is 892. The number of anilines is 1. The van der Waals surface area contributed by atoms with Crippen molar-refractivity contribution >= 4 is 22.9 Å². The van der Waals surface area contributed by atoms with Gasteiger partial charge in [0.1, 0.15) is 22.3 Å². The first kappa shape index (κ1) is 17.1. The van der Waals surface area contributed by atoms with Crippen molar-refractivity contribution in [2.24, 2.45) is 0 Å². The molecule has 6 heteroatoms. The number of hydrogen-bond donors (Lipinski definition) is 1. The number of thiazole rings is 1. The summed E-state index contributed by atoms with van der Waals surface area (Å²) in [6.45, 7) is 3.90. The van der Waals surface area contributed by atoms with E-state index in [4.69, 9.17) is 4.74 Å². The number of benzene rings is 2. The molecule has 0 fully saturated rings. The Morgan fingerprint density at radius 2 is 1.88 bits per heavy atom. The second-order valence-electron chi connectivity index (χ2n) is 5.63. The molecular formula is C19H17FN2O2S. The average molecular weight is 356 g/mol. The zero-order chi connectivity index (χ0) is 17.8. The number of hydrogen-bond acceptors (Lipinski definition) is 4. The molecule has 0 bridgehead atoms. The number of amides is 1. The molecule has 3 aromatic rings. The molecule has 0 radical (unpaired) electrons. The summed E-state index contributed by atoms with van der Waals surface area (Å²) in [5.41, 5.74) is 1.19. The first-order chi connectivity index (χ1) is 12.0. The highest BCUT2D eigenvalue weighted by Gasteiger charge is 2.16. The molecule has 1 amide bonds. The molecule has 0 saturated heterocycles. The van der Waals surface area contributed by atoms with Crippen LogP contribution < -0.4 is 10.1 Å². The quantitative estimate of drug-likeness (QED) is 0.701. The lowest BCUT2D eigenvalue weighted by molar-refractivity contribution is 0.102. The van der Waals surface area contributed by atoms with Crippen molar-refractivity contribution in [1.82, 2.24) is 4.98 Å². The van der Waals surface area contributed by atoms with Gasteiger partial charge in [0.2, 0.25) is 0 Å². The van der Waals surface area contributed by atoms with Gasteiger partial charge in [-0.1, -0.05) is 24.3 Å². The number of rotatable bonds is 5. The van der Waals surface area contributed by atoms with E-state index in [1.807, 2.05) is 38.1 Å². The van der Waals surface area contributed by atoms with Crippen LogP contribution in [0, 0.1) is 5.82 Å². The zero-order valence-corrected chi connectivity index (χ0v) is 14.6. The average Bonchev–Trinajstić information content (AvgIpc) is 3.07. The summed E-state index contributed by atoms with van der Waals surface area (Å²) in [6, 6.07) is 13.6. The molecule has 128 valence electrons. The van der Waals surface area contributed by atoms with Gasteiger partial charge >= 0.3 is 0 Å². The summed E-state index contributed by atoms with van der Waals surface area (Å²) < 4.78 is 19.5. The van der Waals surface area contributed by atoms with Gasteiger partial charge in [-0.05, 0) is 38.1 Å². The van der Waals surface area contributed by atoms with E-state index >= 15 is 0 Å². The number of para-hydroxylation sites is 2. The highest BCUT2D eigenvalue weighted by molar-refractivity contribution is 7.13. The smallest absolute Gasteiger partial charge is 0.275 e. The maximum atomic E-state index is 13.7. The number of nitrogens with zero attached hydrogens (tertiary/aromatic N) is 1. The summed E-state index contributed by atoms with van der Waals surface area (Å²) in [4.78, 5) is 16.7. The number of ether oxygens (including phenoxy) is 1. The van der Waals surface area contributed by atoms with E-state index in [9.17, 15) is 9.18 Å². The van der Waals surface area contributed by atoms with Crippen LogP contribution in [0.1, 0.15) is 24.3 Å². The van der Waals surface area contributed by atoms with E-state index in [1.165, 1.54) is 23.5 Å². The van der Waals surface area contributed by atoms with Gasteiger partial charge in [-0.15, -0.1) is 11.3 Å². The van der Waals surface area contributed by atoms with Crippen LogP contribution in [0.5, 0.6) is 5.75 Å². The number of carbonyl (C=O) groups excluding carboxylic acids is 1. The van der Waals surface area contributed by atoms with Gasteiger partial charge in [-0.3, -0.25) is 4.79 Å². The Labute approximate surface area is 149 Å². The molecule has 4 nitrogen and oxygen atoms in total. The van der Waals surface area contributed by atoms with E-state index in [1.54, 1.807) is 17.5 Å². The Balaban J connectivity index is 1.83. The van der Waals surface area contributed by atoms with Crippen LogP contribution in [0.4, 0.5) is 10.1 Å². The van der Waals surface area contributed by atoms with Crippen molar-refractivity contribution in [3.63, 3.8) is 0 Å². The summed E-state index contributed by atoms with van der Waals surface area (Å²) in [6.07, 6.45) is 0.0323. The maximum Gasteiger partial charge on any atom is 0.275 e. The van der Waals surface area contributed by atoms with Crippen molar-refractivity contribution in [2.75, 3.05) is 5.32 Å². The first-order valence-electron chi connectivity index (χ1n) is 7.82. The van der Waals surface area contributed by atoms with Crippen molar-refractivity contribution in [3.8, 4) is 16.3 Å². The molecule has 0 spiro atoms. The van der Waals surface area contributed by atoms with Crippen LogP contribution in [0.3, 0.4) is 0 Å². The number of nitrogens with one attached hydrogen (secondary N) is 1.